The monoisotopic (exact) mass is 257 g/mol. The van der Waals surface area contributed by atoms with Gasteiger partial charge >= 0.3 is 6.09 Å². The van der Waals surface area contributed by atoms with Gasteiger partial charge in [-0.1, -0.05) is 19.9 Å². The highest BCUT2D eigenvalue weighted by Crippen LogP contribution is 2.13. The van der Waals surface area contributed by atoms with Crippen molar-refractivity contribution in [3.63, 3.8) is 0 Å². The Kier molecular flexibility index (Phi) is 6.99. The van der Waals surface area contributed by atoms with E-state index in [1.807, 2.05) is 34.6 Å². The van der Waals surface area contributed by atoms with Crippen molar-refractivity contribution in [3.05, 3.63) is 12.7 Å². The van der Waals surface area contributed by atoms with E-state index in [1.54, 1.807) is 6.08 Å². The molecule has 2 N–H and O–H groups in total. The summed E-state index contributed by atoms with van der Waals surface area (Å²) in [6, 6.07) is -0.308. The summed E-state index contributed by atoms with van der Waals surface area (Å²) in [6.07, 6.45) is 1.68. The van der Waals surface area contributed by atoms with Crippen LogP contribution in [0.3, 0.4) is 0 Å². The van der Waals surface area contributed by atoms with Crippen LogP contribution in [0.4, 0.5) is 4.79 Å². The minimum atomic E-state index is -0.627. The fourth-order valence-electron chi connectivity index (χ4n) is 1.61. The van der Waals surface area contributed by atoms with Gasteiger partial charge < -0.3 is 15.2 Å². The van der Waals surface area contributed by atoms with Crippen molar-refractivity contribution in [3.8, 4) is 0 Å². The van der Waals surface area contributed by atoms with Gasteiger partial charge in [-0.05, 0) is 39.5 Å². The third kappa shape index (κ3) is 8.12. The topological polar surface area (TPSA) is 58.6 Å². The summed E-state index contributed by atoms with van der Waals surface area (Å²) in [5.41, 5.74) is -0.532. The molecule has 0 saturated carbocycles. The molecule has 0 aromatic carbocycles. The number of aliphatic hydroxyl groups excluding tert-OH is 1. The maximum atomic E-state index is 11.7. The minimum Gasteiger partial charge on any atom is -0.444 e. The van der Waals surface area contributed by atoms with Gasteiger partial charge in [0, 0.05) is 0 Å². The van der Waals surface area contributed by atoms with E-state index in [0.29, 0.717) is 18.8 Å². The minimum absolute atomic E-state index is 0.308. The lowest BCUT2D eigenvalue weighted by molar-refractivity contribution is 0.0407. The van der Waals surface area contributed by atoms with Crippen LogP contribution in [-0.4, -0.2) is 28.9 Å². The molecule has 0 bridgehead atoms. The van der Waals surface area contributed by atoms with Crippen LogP contribution in [0, 0.1) is 5.92 Å². The maximum absolute atomic E-state index is 11.7. The number of hydrogen-bond acceptors (Lipinski definition) is 3. The zero-order chi connectivity index (χ0) is 14.3. The van der Waals surface area contributed by atoms with Crippen molar-refractivity contribution in [1.29, 1.82) is 0 Å². The molecule has 0 heterocycles. The van der Waals surface area contributed by atoms with Gasteiger partial charge in [-0.3, -0.25) is 0 Å². The Morgan fingerprint density at radius 1 is 1.44 bits per heavy atom. The van der Waals surface area contributed by atoms with Gasteiger partial charge in [0.2, 0.25) is 0 Å². The molecule has 0 aromatic rings. The van der Waals surface area contributed by atoms with Crippen LogP contribution in [0.25, 0.3) is 0 Å². The molecule has 18 heavy (non-hydrogen) atoms. The molecule has 0 aliphatic carbocycles. The lowest BCUT2D eigenvalue weighted by Crippen LogP contribution is -2.46. The number of carbonyl (C=O) groups is 1. The van der Waals surface area contributed by atoms with Gasteiger partial charge in [-0.15, -0.1) is 6.58 Å². The summed E-state index contributed by atoms with van der Waals surface area (Å²) >= 11 is 0. The smallest absolute Gasteiger partial charge is 0.407 e. The molecular weight excluding hydrogens is 230 g/mol. The van der Waals surface area contributed by atoms with E-state index in [0.717, 1.165) is 0 Å². The average Bonchev–Trinajstić information content (AvgIpc) is 2.13. The van der Waals surface area contributed by atoms with Crippen molar-refractivity contribution < 1.29 is 14.6 Å². The first-order valence-electron chi connectivity index (χ1n) is 6.44. The first-order valence-corrected chi connectivity index (χ1v) is 6.44. The van der Waals surface area contributed by atoms with E-state index >= 15 is 0 Å². The predicted molar refractivity (Wildman–Crippen MR) is 73.4 cm³/mol. The van der Waals surface area contributed by atoms with Crippen LogP contribution in [0.1, 0.15) is 47.5 Å². The van der Waals surface area contributed by atoms with Crippen molar-refractivity contribution in [1.82, 2.24) is 5.32 Å². The highest BCUT2D eigenvalue weighted by atomic mass is 16.6. The largest absolute Gasteiger partial charge is 0.444 e. The molecule has 2 atom stereocenters. The molecule has 0 radical (unpaired) electrons. The van der Waals surface area contributed by atoms with Crippen LogP contribution in [0.15, 0.2) is 12.7 Å². The Morgan fingerprint density at radius 3 is 2.39 bits per heavy atom. The van der Waals surface area contributed by atoms with Crippen molar-refractivity contribution in [2.24, 2.45) is 5.92 Å². The number of hydrogen-bond donors (Lipinski definition) is 2. The second-order valence-electron chi connectivity index (χ2n) is 5.97. The van der Waals surface area contributed by atoms with Crippen molar-refractivity contribution in [2.45, 2.75) is 65.2 Å². The van der Waals surface area contributed by atoms with E-state index in [-0.39, 0.29) is 6.04 Å². The van der Waals surface area contributed by atoms with Gasteiger partial charge in [0.1, 0.15) is 5.60 Å². The quantitative estimate of drug-likeness (QED) is 0.719. The molecule has 0 fully saturated rings. The first kappa shape index (κ1) is 17.0. The summed E-state index contributed by atoms with van der Waals surface area (Å²) in [6.45, 7) is 13.1. The number of alkyl carbamates (subject to hydrolysis) is 1. The van der Waals surface area contributed by atoms with Gasteiger partial charge in [0.25, 0.3) is 0 Å². The van der Waals surface area contributed by atoms with Gasteiger partial charge in [-0.2, -0.15) is 0 Å². The van der Waals surface area contributed by atoms with Crippen LogP contribution < -0.4 is 5.32 Å². The first-order chi connectivity index (χ1) is 8.15. The van der Waals surface area contributed by atoms with E-state index < -0.39 is 17.8 Å². The van der Waals surface area contributed by atoms with Crippen molar-refractivity contribution >= 4 is 6.09 Å². The molecule has 0 aromatic heterocycles. The third-order valence-corrected chi connectivity index (χ3v) is 2.30. The molecule has 0 aliphatic heterocycles. The molecule has 0 rings (SSSR count). The molecule has 1 amide bonds. The second-order valence-corrected chi connectivity index (χ2v) is 5.97. The normalized spacial score (nSPS) is 15.1. The molecule has 0 aliphatic rings. The highest BCUT2D eigenvalue weighted by Gasteiger charge is 2.24. The number of amides is 1. The summed E-state index contributed by atoms with van der Waals surface area (Å²) in [5, 5.41) is 12.7. The van der Waals surface area contributed by atoms with Crippen molar-refractivity contribution in [2.75, 3.05) is 0 Å². The SMILES string of the molecule is C=CC[C@H](O)[C@@H](CC(C)C)NC(=O)OC(C)(C)C. The van der Waals surface area contributed by atoms with Crippen LogP contribution >= 0.6 is 0 Å². The van der Waals surface area contributed by atoms with E-state index in [1.165, 1.54) is 0 Å². The Bertz CT molecular complexity index is 269. The molecule has 4 heteroatoms. The van der Waals surface area contributed by atoms with Crippen LogP contribution in [0.5, 0.6) is 0 Å². The van der Waals surface area contributed by atoms with Crippen LogP contribution in [0.2, 0.25) is 0 Å². The Hall–Kier alpha value is -1.03. The summed E-state index contributed by atoms with van der Waals surface area (Å²) in [7, 11) is 0. The fourth-order valence-corrected chi connectivity index (χ4v) is 1.61. The number of aliphatic hydroxyl groups is 1. The number of rotatable bonds is 6. The maximum Gasteiger partial charge on any atom is 0.407 e. The zero-order valence-corrected chi connectivity index (χ0v) is 12.2. The second kappa shape index (κ2) is 7.41. The lowest BCUT2D eigenvalue weighted by Gasteiger charge is -2.27. The fraction of sp³-hybridized carbons (Fsp3) is 0.786. The van der Waals surface area contributed by atoms with Gasteiger partial charge in [0.05, 0.1) is 12.1 Å². The van der Waals surface area contributed by atoms with E-state index in [4.69, 9.17) is 4.74 Å². The zero-order valence-electron chi connectivity index (χ0n) is 12.2. The summed E-state index contributed by atoms with van der Waals surface area (Å²) in [5.74, 6) is 0.379. The van der Waals surface area contributed by atoms with Gasteiger partial charge in [-0.25, -0.2) is 4.79 Å². The Balaban J connectivity index is 4.48. The predicted octanol–water partition coefficient (Wildman–Crippen LogP) is 2.86. The van der Waals surface area contributed by atoms with Crippen LogP contribution in [-0.2, 0) is 4.74 Å². The number of carbonyl (C=O) groups excluding carboxylic acids is 1. The average molecular weight is 257 g/mol. The number of nitrogens with one attached hydrogen (secondary N) is 1. The standard InChI is InChI=1S/C14H27NO3/c1-7-8-12(16)11(9-10(2)3)15-13(17)18-14(4,5)6/h7,10-12,16H,1,8-9H2,2-6H3,(H,15,17)/t11-,12+/m1/s1. The molecule has 4 nitrogen and oxygen atoms in total. The summed E-state index contributed by atoms with van der Waals surface area (Å²) in [4.78, 5) is 11.7. The Morgan fingerprint density at radius 2 is 2.00 bits per heavy atom. The lowest BCUT2D eigenvalue weighted by atomic mass is 9.97. The molecule has 0 spiro atoms. The van der Waals surface area contributed by atoms with E-state index in [9.17, 15) is 9.90 Å². The number of ether oxygens (including phenoxy) is 1. The molecule has 0 saturated heterocycles. The third-order valence-electron chi connectivity index (χ3n) is 2.30. The Labute approximate surface area is 110 Å². The molecule has 106 valence electrons. The highest BCUT2D eigenvalue weighted by molar-refractivity contribution is 5.68. The molecular formula is C14H27NO3. The van der Waals surface area contributed by atoms with Gasteiger partial charge in [0.15, 0.2) is 0 Å². The van der Waals surface area contributed by atoms with E-state index in [2.05, 4.69) is 11.9 Å². The summed E-state index contributed by atoms with van der Waals surface area (Å²) < 4.78 is 5.19. The molecule has 0 unspecified atom stereocenters.